The van der Waals surface area contributed by atoms with Crippen LogP contribution in [-0.4, -0.2) is 17.9 Å². The molecule has 4 nitrogen and oxygen atoms in total. The molecule has 0 N–H and O–H groups in total. The average molecular weight is 246 g/mol. The first kappa shape index (κ1) is 12.6. The zero-order chi connectivity index (χ0) is 13.3. The van der Waals surface area contributed by atoms with Gasteiger partial charge < -0.3 is 4.74 Å². The van der Waals surface area contributed by atoms with Gasteiger partial charge in [0.25, 0.3) is 5.91 Å². The van der Waals surface area contributed by atoms with Gasteiger partial charge in [-0.3, -0.25) is 4.79 Å². The zero-order valence-corrected chi connectivity index (χ0v) is 11.2. The highest BCUT2D eigenvalue weighted by Crippen LogP contribution is 2.23. The normalized spacial score (nSPS) is 15.3. The number of benzene rings is 1. The number of carbonyl (C=O) groups excluding carboxylic acids is 1. The molecule has 0 atom stereocenters. The summed E-state index contributed by atoms with van der Waals surface area (Å²) >= 11 is 0. The molecule has 2 rings (SSSR count). The van der Waals surface area contributed by atoms with Crippen molar-refractivity contribution in [3.05, 3.63) is 29.3 Å². The molecule has 96 valence electrons. The van der Waals surface area contributed by atoms with Gasteiger partial charge in [0, 0.05) is 0 Å². The maximum atomic E-state index is 11.9. The van der Waals surface area contributed by atoms with Crippen molar-refractivity contribution in [3.63, 3.8) is 0 Å². The number of amides is 1. The van der Waals surface area contributed by atoms with Gasteiger partial charge in [0.15, 0.2) is 0 Å². The fourth-order valence-corrected chi connectivity index (χ4v) is 1.80. The Bertz CT molecular complexity index is 507. The summed E-state index contributed by atoms with van der Waals surface area (Å²) in [5.41, 5.74) is 3.15. The molecular weight excluding hydrogens is 228 g/mol. The third-order valence-electron chi connectivity index (χ3n) is 2.86. The van der Waals surface area contributed by atoms with Crippen molar-refractivity contribution in [1.29, 1.82) is 0 Å². The molecule has 1 aliphatic rings. The number of aryl methyl sites for hydroxylation is 2. The van der Waals surface area contributed by atoms with Gasteiger partial charge in [0.05, 0.1) is 11.8 Å². The Morgan fingerprint density at radius 3 is 2.61 bits per heavy atom. The first-order valence-electron chi connectivity index (χ1n) is 6.11. The molecule has 0 fully saturated rings. The van der Waals surface area contributed by atoms with E-state index in [0.717, 1.165) is 11.3 Å². The number of nitrogens with zero attached hydrogens (tertiary/aromatic N) is 2. The van der Waals surface area contributed by atoms with Crippen LogP contribution in [-0.2, 0) is 9.53 Å². The van der Waals surface area contributed by atoms with Crippen LogP contribution in [0.2, 0.25) is 0 Å². The number of ether oxygens (including phenoxy) is 1. The second kappa shape index (κ2) is 4.80. The van der Waals surface area contributed by atoms with Crippen LogP contribution in [0.15, 0.2) is 23.3 Å². The Morgan fingerprint density at radius 1 is 1.28 bits per heavy atom. The Hall–Kier alpha value is -1.84. The minimum absolute atomic E-state index is 0.0382. The van der Waals surface area contributed by atoms with E-state index in [1.54, 1.807) is 0 Å². The fraction of sp³-hybridized carbons (Fsp3) is 0.429. The highest BCUT2D eigenvalue weighted by molar-refractivity contribution is 6.10. The summed E-state index contributed by atoms with van der Waals surface area (Å²) in [7, 11) is 0. The van der Waals surface area contributed by atoms with Crippen LogP contribution in [0, 0.1) is 13.8 Å². The topological polar surface area (TPSA) is 41.9 Å². The van der Waals surface area contributed by atoms with Crippen molar-refractivity contribution in [2.24, 2.45) is 5.10 Å². The quantitative estimate of drug-likeness (QED) is 0.805. The van der Waals surface area contributed by atoms with E-state index in [1.807, 2.05) is 45.9 Å². The van der Waals surface area contributed by atoms with Gasteiger partial charge in [-0.05, 0) is 51.0 Å². The van der Waals surface area contributed by atoms with Crippen LogP contribution in [0.4, 0.5) is 5.69 Å². The highest BCUT2D eigenvalue weighted by atomic mass is 16.5. The van der Waals surface area contributed by atoms with Crippen molar-refractivity contribution in [1.82, 2.24) is 0 Å². The molecule has 18 heavy (non-hydrogen) atoms. The maximum absolute atomic E-state index is 11.9. The second-order valence-electron chi connectivity index (χ2n) is 4.81. The van der Waals surface area contributed by atoms with Crippen LogP contribution in [0.1, 0.15) is 31.4 Å². The summed E-state index contributed by atoms with van der Waals surface area (Å²) in [5.74, 6) is 0.446. The number of hydrogen-bond donors (Lipinski definition) is 0. The van der Waals surface area contributed by atoms with Gasteiger partial charge in [-0.15, -0.1) is 5.10 Å². The Labute approximate surface area is 107 Å². The summed E-state index contributed by atoms with van der Waals surface area (Å²) in [5, 5.41) is 5.65. The maximum Gasteiger partial charge on any atom is 0.256 e. The number of anilines is 1. The first-order valence-corrected chi connectivity index (χ1v) is 6.11. The van der Waals surface area contributed by atoms with Gasteiger partial charge in [-0.1, -0.05) is 6.07 Å². The highest BCUT2D eigenvalue weighted by Gasteiger charge is 2.27. The van der Waals surface area contributed by atoms with Crippen LogP contribution < -0.4 is 5.01 Å². The molecule has 1 aromatic carbocycles. The fourth-order valence-electron chi connectivity index (χ4n) is 1.80. The molecule has 0 aliphatic carbocycles. The predicted molar refractivity (Wildman–Crippen MR) is 71.7 cm³/mol. The lowest BCUT2D eigenvalue weighted by Gasteiger charge is -2.12. The lowest BCUT2D eigenvalue weighted by atomic mass is 10.1. The molecule has 1 aromatic rings. The van der Waals surface area contributed by atoms with E-state index in [-0.39, 0.29) is 18.4 Å². The summed E-state index contributed by atoms with van der Waals surface area (Å²) < 4.78 is 5.47. The van der Waals surface area contributed by atoms with Gasteiger partial charge in [-0.2, -0.15) is 5.01 Å². The predicted octanol–water partition coefficient (Wildman–Crippen LogP) is 2.78. The molecule has 0 aromatic heterocycles. The van der Waals surface area contributed by atoms with E-state index >= 15 is 0 Å². The zero-order valence-electron chi connectivity index (χ0n) is 11.2. The molecule has 1 heterocycles. The molecular formula is C14H18N2O2. The standard InChI is InChI=1S/C14H18N2O2/c1-9(2)18-13-8-14(17)16(15-13)12-6-5-10(3)11(4)7-12/h5-7,9H,8H2,1-4H3. The Kier molecular flexibility index (Phi) is 3.36. The monoisotopic (exact) mass is 246 g/mol. The first-order chi connectivity index (χ1) is 8.47. The van der Waals surface area contributed by atoms with Gasteiger partial charge in [0.2, 0.25) is 5.90 Å². The summed E-state index contributed by atoms with van der Waals surface area (Å²) in [6.45, 7) is 7.91. The lowest BCUT2D eigenvalue weighted by Crippen LogP contribution is -2.19. The minimum Gasteiger partial charge on any atom is -0.477 e. The lowest BCUT2D eigenvalue weighted by molar-refractivity contribution is -0.117. The molecule has 0 unspecified atom stereocenters. The summed E-state index contributed by atoms with van der Waals surface area (Å²) in [6, 6.07) is 5.87. The van der Waals surface area contributed by atoms with Crippen LogP contribution in [0.25, 0.3) is 0 Å². The second-order valence-corrected chi connectivity index (χ2v) is 4.81. The van der Waals surface area contributed by atoms with E-state index in [0.29, 0.717) is 5.90 Å². The van der Waals surface area contributed by atoms with Crippen LogP contribution in [0.3, 0.4) is 0 Å². The molecule has 4 heteroatoms. The smallest absolute Gasteiger partial charge is 0.256 e. The molecule has 1 amide bonds. The number of hydrazone groups is 1. The van der Waals surface area contributed by atoms with E-state index in [4.69, 9.17) is 4.74 Å². The molecule has 0 saturated carbocycles. The molecule has 0 bridgehead atoms. The van der Waals surface area contributed by atoms with E-state index in [2.05, 4.69) is 5.10 Å². The third-order valence-corrected chi connectivity index (χ3v) is 2.86. The van der Waals surface area contributed by atoms with Gasteiger partial charge >= 0.3 is 0 Å². The largest absolute Gasteiger partial charge is 0.477 e. The SMILES string of the molecule is Cc1ccc(N2N=C(OC(C)C)CC2=O)cc1C. The van der Waals surface area contributed by atoms with E-state index in [1.165, 1.54) is 10.6 Å². The Balaban J connectivity index is 2.24. The number of carbonyl (C=O) groups is 1. The van der Waals surface area contributed by atoms with Crippen LogP contribution in [0.5, 0.6) is 0 Å². The molecule has 0 spiro atoms. The molecule has 0 saturated heterocycles. The number of rotatable bonds is 2. The number of hydrogen-bond acceptors (Lipinski definition) is 3. The van der Waals surface area contributed by atoms with Crippen LogP contribution >= 0.6 is 0 Å². The van der Waals surface area contributed by atoms with E-state index < -0.39 is 0 Å². The summed E-state index contributed by atoms with van der Waals surface area (Å²) in [6.07, 6.45) is 0.279. The van der Waals surface area contributed by atoms with Crippen molar-refractivity contribution in [2.75, 3.05) is 5.01 Å². The Morgan fingerprint density at radius 2 is 2.00 bits per heavy atom. The average Bonchev–Trinajstić information content (AvgIpc) is 2.62. The summed E-state index contributed by atoms with van der Waals surface area (Å²) in [4.78, 5) is 11.9. The van der Waals surface area contributed by atoms with Gasteiger partial charge in [-0.25, -0.2) is 0 Å². The van der Waals surface area contributed by atoms with Crippen molar-refractivity contribution >= 4 is 17.5 Å². The van der Waals surface area contributed by atoms with E-state index in [9.17, 15) is 4.79 Å². The van der Waals surface area contributed by atoms with Gasteiger partial charge in [0.1, 0.15) is 6.42 Å². The van der Waals surface area contributed by atoms with Crippen molar-refractivity contribution in [3.8, 4) is 0 Å². The van der Waals surface area contributed by atoms with Crippen molar-refractivity contribution < 1.29 is 9.53 Å². The third kappa shape index (κ3) is 2.53. The van der Waals surface area contributed by atoms with Crippen molar-refractivity contribution in [2.45, 2.75) is 40.2 Å². The molecule has 1 aliphatic heterocycles. The molecule has 0 radical (unpaired) electrons. The minimum atomic E-state index is -0.0473.